The van der Waals surface area contributed by atoms with Crippen LogP contribution in [0.5, 0.6) is 23.0 Å². The van der Waals surface area contributed by atoms with Crippen LogP contribution in [0.1, 0.15) is 44.6 Å². The van der Waals surface area contributed by atoms with Gasteiger partial charge in [0.25, 0.3) is 0 Å². The van der Waals surface area contributed by atoms with E-state index in [0.29, 0.717) is 44.2 Å². The Labute approximate surface area is 289 Å². The average Bonchev–Trinajstić information content (AvgIpc) is 3.08. The predicted molar refractivity (Wildman–Crippen MR) is 170 cm³/mol. The number of alkyl halides is 2. The first-order chi connectivity index (χ1) is 24.3. The lowest BCUT2D eigenvalue weighted by atomic mass is 10.00. The summed E-state index contributed by atoms with van der Waals surface area (Å²) in [4.78, 5) is 22.6. The van der Waals surface area contributed by atoms with E-state index < -0.39 is 58.4 Å². The van der Waals surface area contributed by atoms with Crippen LogP contribution < -0.4 is 18.9 Å². The maximum atomic E-state index is 15.5. The van der Waals surface area contributed by atoms with Gasteiger partial charge in [0.1, 0.15) is 40.2 Å². The fourth-order valence-corrected chi connectivity index (χ4v) is 4.40. The fourth-order valence-electron chi connectivity index (χ4n) is 4.40. The van der Waals surface area contributed by atoms with E-state index in [9.17, 15) is 22.8 Å². The van der Waals surface area contributed by atoms with E-state index in [1.54, 1.807) is 0 Å². The molecule has 0 saturated carbocycles. The van der Waals surface area contributed by atoms with Crippen LogP contribution in [0.25, 0.3) is 11.1 Å². The number of carbonyl (C=O) groups excluding carboxylic acids is 2. The Kier molecular flexibility index (Phi) is 15.2. The zero-order chi connectivity index (χ0) is 37.6. The summed E-state index contributed by atoms with van der Waals surface area (Å²) < 4.78 is 133. The average molecular weight is 729 g/mol. The van der Waals surface area contributed by atoms with Crippen molar-refractivity contribution < 1.29 is 68.7 Å². The first-order valence-corrected chi connectivity index (χ1v) is 15.7. The number of ether oxygens (including phenoxy) is 6. The molecule has 0 heterocycles. The highest BCUT2D eigenvalue weighted by atomic mass is 19.3. The monoisotopic (exact) mass is 728 g/mol. The normalized spacial score (nSPS) is 11.1. The van der Waals surface area contributed by atoms with Crippen molar-refractivity contribution in [3.8, 4) is 34.1 Å². The highest BCUT2D eigenvalue weighted by molar-refractivity contribution is 5.81. The van der Waals surface area contributed by atoms with Gasteiger partial charge in [0, 0.05) is 36.4 Å². The Morgan fingerprint density at radius 1 is 0.647 bits per heavy atom. The number of carbonyl (C=O) groups is 2. The van der Waals surface area contributed by atoms with E-state index in [0.717, 1.165) is 12.2 Å². The molecule has 0 unspecified atom stereocenters. The third-order valence-electron chi connectivity index (χ3n) is 6.75. The smallest absolute Gasteiger partial charge is 0.432 e. The summed E-state index contributed by atoms with van der Waals surface area (Å²) in [6.45, 7) is 8.87. The van der Waals surface area contributed by atoms with Crippen LogP contribution in [0.2, 0.25) is 0 Å². The number of halogens is 7. The molecule has 0 spiro atoms. The molecule has 0 aliphatic rings. The molecule has 0 bridgehead atoms. The Morgan fingerprint density at radius 3 is 1.57 bits per heavy atom. The number of esters is 2. The van der Waals surface area contributed by atoms with E-state index in [4.69, 9.17) is 23.7 Å². The third kappa shape index (κ3) is 11.7. The van der Waals surface area contributed by atoms with Crippen molar-refractivity contribution in [2.75, 3.05) is 33.0 Å². The number of rotatable bonds is 21. The van der Waals surface area contributed by atoms with Crippen LogP contribution in [0.4, 0.5) is 30.7 Å². The van der Waals surface area contributed by atoms with Gasteiger partial charge in [-0.1, -0.05) is 20.1 Å². The highest BCUT2D eigenvalue weighted by Gasteiger charge is 2.42. The van der Waals surface area contributed by atoms with Crippen molar-refractivity contribution in [1.82, 2.24) is 0 Å². The molecule has 0 aliphatic heterocycles. The molecule has 0 aliphatic carbocycles. The quantitative estimate of drug-likeness (QED) is 0.0354. The van der Waals surface area contributed by atoms with Crippen molar-refractivity contribution in [3.05, 3.63) is 96.4 Å². The van der Waals surface area contributed by atoms with Gasteiger partial charge < -0.3 is 28.4 Å². The van der Waals surface area contributed by atoms with Gasteiger partial charge >= 0.3 is 18.0 Å². The Balaban J connectivity index is 2.00. The van der Waals surface area contributed by atoms with Gasteiger partial charge in [-0.05, 0) is 49.8 Å². The maximum absolute atomic E-state index is 15.5. The first-order valence-electron chi connectivity index (χ1n) is 15.7. The second-order valence-electron chi connectivity index (χ2n) is 10.6. The molecule has 276 valence electrons. The molecule has 0 fully saturated rings. The van der Waals surface area contributed by atoms with Crippen LogP contribution in [-0.2, 0) is 25.2 Å². The predicted octanol–water partition coefficient (Wildman–Crippen LogP) is 8.74. The molecule has 15 heteroatoms. The first kappa shape index (κ1) is 40.2. The lowest BCUT2D eigenvalue weighted by molar-refractivity contribution is -0.189. The minimum absolute atomic E-state index is 0.00370. The zero-order valence-electron chi connectivity index (χ0n) is 27.5. The van der Waals surface area contributed by atoms with Crippen LogP contribution in [0.3, 0.4) is 0 Å². The lowest BCUT2D eigenvalue weighted by Gasteiger charge is -2.22. The van der Waals surface area contributed by atoms with Gasteiger partial charge in [-0.3, -0.25) is 0 Å². The summed E-state index contributed by atoms with van der Waals surface area (Å²) in [6.07, 6.45) is -0.748. The largest absolute Gasteiger partial charge is 0.493 e. The summed E-state index contributed by atoms with van der Waals surface area (Å²) in [5.41, 5.74) is -2.26. The van der Waals surface area contributed by atoms with E-state index in [1.165, 1.54) is 12.1 Å². The molecule has 3 rings (SSSR count). The maximum Gasteiger partial charge on any atom is 0.432 e. The van der Waals surface area contributed by atoms with Gasteiger partial charge in [0.05, 0.1) is 38.6 Å². The number of hydrogen-bond acceptors (Lipinski definition) is 8. The summed E-state index contributed by atoms with van der Waals surface area (Å²) in [7, 11) is 0. The lowest BCUT2D eigenvalue weighted by Crippen LogP contribution is -2.25. The van der Waals surface area contributed by atoms with Crippen molar-refractivity contribution in [2.24, 2.45) is 0 Å². The Morgan fingerprint density at radius 2 is 1.12 bits per heavy atom. The molecule has 0 aromatic heterocycles. The van der Waals surface area contributed by atoms with Gasteiger partial charge in [0.2, 0.25) is 0 Å². The third-order valence-corrected chi connectivity index (χ3v) is 6.75. The molecule has 0 atom stereocenters. The second kappa shape index (κ2) is 19.3. The fraction of sp³-hybridized carbons (Fsp3) is 0.333. The van der Waals surface area contributed by atoms with Crippen molar-refractivity contribution >= 4 is 11.9 Å². The van der Waals surface area contributed by atoms with Gasteiger partial charge in [-0.25, -0.2) is 31.5 Å². The number of unbranched alkanes of at least 4 members (excludes halogenated alkanes) is 2. The minimum atomic E-state index is -4.82. The standard InChI is InChI=1S/C36H35F7O8/c1-4-11-46-23-20-29(47-12-7-9-14-49-31(44)5-2)33(30(21-23)48-13-8-10-15-50-32(45)6-3)22-16-25(37)34(26(38)17-22)36(42,43)51-24-18-27(39)35(41)28(40)19-24/h5-6,16-21H,2-4,7-15H2,1H3. The van der Waals surface area contributed by atoms with Gasteiger partial charge in [-0.2, -0.15) is 8.78 Å². The Hall–Kier alpha value is -5.21. The molecular weight excluding hydrogens is 693 g/mol. The van der Waals surface area contributed by atoms with E-state index in [-0.39, 0.29) is 73.5 Å². The van der Waals surface area contributed by atoms with Crippen LogP contribution in [-0.4, -0.2) is 45.0 Å². The van der Waals surface area contributed by atoms with Crippen LogP contribution in [0, 0.1) is 29.1 Å². The van der Waals surface area contributed by atoms with E-state index in [1.807, 2.05) is 6.92 Å². The molecule has 0 radical (unpaired) electrons. The van der Waals surface area contributed by atoms with Crippen molar-refractivity contribution in [3.63, 3.8) is 0 Å². The Bertz CT molecular complexity index is 1600. The molecule has 0 N–H and O–H groups in total. The molecule has 0 saturated heterocycles. The van der Waals surface area contributed by atoms with E-state index in [2.05, 4.69) is 17.9 Å². The molecule has 3 aromatic rings. The summed E-state index contributed by atoms with van der Waals surface area (Å²) in [6, 6.07) is 4.16. The van der Waals surface area contributed by atoms with Gasteiger partial charge in [-0.15, -0.1) is 0 Å². The van der Waals surface area contributed by atoms with Crippen molar-refractivity contribution in [2.45, 2.75) is 45.1 Å². The number of hydrogen-bond donors (Lipinski definition) is 0. The zero-order valence-corrected chi connectivity index (χ0v) is 27.5. The molecule has 0 amide bonds. The topological polar surface area (TPSA) is 89.5 Å². The number of benzene rings is 3. The molecule has 8 nitrogen and oxygen atoms in total. The molecule has 3 aromatic carbocycles. The minimum Gasteiger partial charge on any atom is -0.493 e. The SMILES string of the molecule is C=CC(=O)OCCCCOc1cc(OCCC)cc(OCCCCOC(=O)C=C)c1-c1cc(F)c(C(F)(F)Oc2cc(F)c(F)c(F)c2)c(F)c1. The molecular formula is C36H35F7O8. The van der Waals surface area contributed by atoms with Gasteiger partial charge in [0.15, 0.2) is 17.5 Å². The van der Waals surface area contributed by atoms with Crippen molar-refractivity contribution in [1.29, 1.82) is 0 Å². The molecule has 51 heavy (non-hydrogen) atoms. The van der Waals surface area contributed by atoms with E-state index >= 15 is 17.6 Å². The second-order valence-corrected chi connectivity index (χ2v) is 10.6. The summed E-state index contributed by atoms with van der Waals surface area (Å²) in [5, 5.41) is 0. The highest BCUT2D eigenvalue weighted by Crippen LogP contribution is 2.45. The van der Waals surface area contributed by atoms with Crippen LogP contribution >= 0.6 is 0 Å². The summed E-state index contributed by atoms with van der Waals surface area (Å²) in [5.74, 6) is -11.5. The summed E-state index contributed by atoms with van der Waals surface area (Å²) >= 11 is 0. The van der Waals surface area contributed by atoms with Crippen LogP contribution in [0.15, 0.2) is 61.7 Å².